The monoisotopic (exact) mass is 283 g/mol. The van der Waals surface area contributed by atoms with Crippen molar-refractivity contribution in [2.45, 2.75) is 45.3 Å². The summed E-state index contributed by atoms with van der Waals surface area (Å²) in [4.78, 5) is 0. The lowest BCUT2D eigenvalue weighted by molar-refractivity contribution is 0.242. The van der Waals surface area contributed by atoms with Gasteiger partial charge in [0.05, 0.1) is 6.10 Å². The van der Waals surface area contributed by atoms with Crippen LogP contribution in [0.2, 0.25) is 0 Å². The van der Waals surface area contributed by atoms with Crippen molar-refractivity contribution in [3.8, 4) is 5.75 Å². The van der Waals surface area contributed by atoms with Crippen LogP contribution in [-0.2, 0) is 6.42 Å². The van der Waals surface area contributed by atoms with E-state index in [2.05, 4.69) is 42.5 Å². The highest BCUT2D eigenvalue weighted by molar-refractivity contribution is 5.29. The molecule has 0 aromatic heterocycles. The van der Waals surface area contributed by atoms with Crippen molar-refractivity contribution in [3.05, 3.63) is 65.7 Å². The molecule has 0 amide bonds. The first-order valence-electron chi connectivity index (χ1n) is 7.71. The second kappa shape index (κ2) is 7.84. The van der Waals surface area contributed by atoms with E-state index in [4.69, 9.17) is 10.5 Å². The van der Waals surface area contributed by atoms with E-state index >= 15 is 0 Å². The third kappa shape index (κ3) is 5.24. The van der Waals surface area contributed by atoms with E-state index in [9.17, 15) is 0 Å². The first-order chi connectivity index (χ1) is 10.1. The molecular formula is C19H25NO. The molecule has 21 heavy (non-hydrogen) atoms. The van der Waals surface area contributed by atoms with Crippen molar-refractivity contribution >= 4 is 0 Å². The fourth-order valence-electron chi connectivity index (χ4n) is 2.40. The van der Waals surface area contributed by atoms with Crippen molar-refractivity contribution in [3.63, 3.8) is 0 Å². The van der Waals surface area contributed by atoms with Crippen molar-refractivity contribution in [1.29, 1.82) is 0 Å². The first-order valence-corrected chi connectivity index (χ1v) is 7.71. The zero-order chi connectivity index (χ0) is 15.1. The van der Waals surface area contributed by atoms with Crippen molar-refractivity contribution < 1.29 is 4.74 Å². The predicted molar refractivity (Wildman–Crippen MR) is 88.5 cm³/mol. The lowest BCUT2D eigenvalue weighted by atomic mass is 10.00. The number of benzene rings is 2. The highest BCUT2D eigenvalue weighted by atomic mass is 16.5. The SMILES string of the molecule is CC(C)Oc1ccc(C(N)CCCc2ccccc2)cc1. The van der Waals surface area contributed by atoms with Gasteiger partial charge in [-0.05, 0) is 56.4 Å². The van der Waals surface area contributed by atoms with Gasteiger partial charge in [-0.1, -0.05) is 42.5 Å². The molecule has 2 rings (SSSR count). The maximum atomic E-state index is 6.27. The molecule has 0 fully saturated rings. The minimum Gasteiger partial charge on any atom is -0.491 e. The molecule has 2 aromatic rings. The Kier molecular flexibility index (Phi) is 5.82. The molecule has 0 aliphatic heterocycles. The zero-order valence-corrected chi connectivity index (χ0v) is 13.0. The van der Waals surface area contributed by atoms with Gasteiger partial charge >= 0.3 is 0 Å². The van der Waals surface area contributed by atoms with Crippen LogP contribution in [0.25, 0.3) is 0 Å². The van der Waals surface area contributed by atoms with Gasteiger partial charge in [0, 0.05) is 6.04 Å². The molecule has 0 saturated carbocycles. The van der Waals surface area contributed by atoms with Crippen molar-refractivity contribution in [1.82, 2.24) is 0 Å². The minimum atomic E-state index is 0.0989. The Labute approximate surface area is 127 Å². The molecule has 0 saturated heterocycles. The summed E-state index contributed by atoms with van der Waals surface area (Å²) < 4.78 is 5.65. The molecule has 0 bridgehead atoms. The summed E-state index contributed by atoms with van der Waals surface area (Å²) >= 11 is 0. The number of hydrogen-bond acceptors (Lipinski definition) is 2. The van der Waals surface area contributed by atoms with Gasteiger partial charge in [0.2, 0.25) is 0 Å². The van der Waals surface area contributed by atoms with Gasteiger partial charge in [0.1, 0.15) is 5.75 Å². The third-order valence-corrected chi connectivity index (χ3v) is 3.50. The van der Waals surface area contributed by atoms with Crippen LogP contribution in [0.4, 0.5) is 0 Å². The van der Waals surface area contributed by atoms with Gasteiger partial charge in [-0.15, -0.1) is 0 Å². The molecule has 1 unspecified atom stereocenters. The van der Waals surface area contributed by atoms with Crippen LogP contribution >= 0.6 is 0 Å². The van der Waals surface area contributed by atoms with Gasteiger partial charge in [-0.25, -0.2) is 0 Å². The smallest absolute Gasteiger partial charge is 0.119 e. The fourth-order valence-corrected chi connectivity index (χ4v) is 2.40. The van der Waals surface area contributed by atoms with Crippen molar-refractivity contribution in [2.24, 2.45) is 5.73 Å². The molecule has 0 aliphatic carbocycles. The molecular weight excluding hydrogens is 258 g/mol. The zero-order valence-electron chi connectivity index (χ0n) is 13.0. The topological polar surface area (TPSA) is 35.2 Å². The Hall–Kier alpha value is -1.80. The highest BCUT2D eigenvalue weighted by Gasteiger charge is 2.06. The summed E-state index contributed by atoms with van der Waals surface area (Å²) in [6.45, 7) is 4.06. The maximum absolute atomic E-state index is 6.27. The maximum Gasteiger partial charge on any atom is 0.119 e. The Morgan fingerprint density at radius 2 is 1.62 bits per heavy atom. The summed E-state index contributed by atoms with van der Waals surface area (Å²) in [7, 11) is 0. The van der Waals surface area contributed by atoms with Crippen LogP contribution in [0, 0.1) is 0 Å². The lowest BCUT2D eigenvalue weighted by Crippen LogP contribution is -2.11. The van der Waals surface area contributed by atoms with Crippen LogP contribution in [0.5, 0.6) is 5.75 Å². The van der Waals surface area contributed by atoms with Crippen LogP contribution < -0.4 is 10.5 Å². The summed E-state index contributed by atoms with van der Waals surface area (Å²) in [5.41, 5.74) is 8.83. The quantitative estimate of drug-likeness (QED) is 0.812. The molecule has 0 aliphatic rings. The fraction of sp³-hybridized carbons (Fsp3) is 0.368. The second-order valence-corrected chi connectivity index (χ2v) is 5.72. The molecule has 2 heteroatoms. The van der Waals surface area contributed by atoms with E-state index < -0.39 is 0 Å². The summed E-state index contributed by atoms with van der Waals surface area (Å²) in [6.07, 6.45) is 3.40. The number of nitrogens with two attached hydrogens (primary N) is 1. The highest BCUT2D eigenvalue weighted by Crippen LogP contribution is 2.21. The average Bonchev–Trinajstić information content (AvgIpc) is 2.48. The molecule has 0 spiro atoms. The largest absolute Gasteiger partial charge is 0.491 e. The normalized spacial score (nSPS) is 12.4. The van der Waals surface area contributed by atoms with Crippen LogP contribution in [0.15, 0.2) is 54.6 Å². The number of ether oxygens (including phenoxy) is 1. The first kappa shape index (κ1) is 15.6. The van der Waals surface area contributed by atoms with Crippen LogP contribution in [-0.4, -0.2) is 6.10 Å². The third-order valence-electron chi connectivity index (χ3n) is 3.50. The Bertz CT molecular complexity index is 519. The number of hydrogen-bond donors (Lipinski definition) is 1. The van der Waals surface area contributed by atoms with Gasteiger partial charge in [-0.2, -0.15) is 0 Å². The van der Waals surface area contributed by atoms with Gasteiger partial charge in [0.25, 0.3) is 0 Å². The molecule has 2 N–H and O–H groups in total. The van der Waals surface area contributed by atoms with E-state index in [0.29, 0.717) is 0 Å². The van der Waals surface area contributed by atoms with Crippen molar-refractivity contribution in [2.75, 3.05) is 0 Å². The van der Waals surface area contributed by atoms with Crippen LogP contribution in [0.3, 0.4) is 0 Å². The van der Waals surface area contributed by atoms with E-state index in [0.717, 1.165) is 25.0 Å². The van der Waals surface area contributed by atoms with Gasteiger partial charge in [0.15, 0.2) is 0 Å². The second-order valence-electron chi connectivity index (χ2n) is 5.72. The van der Waals surface area contributed by atoms with E-state index in [1.807, 2.05) is 26.0 Å². The summed E-state index contributed by atoms with van der Waals surface area (Å²) in [5.74, 6) is 0.908. The Morgan fingerprint density at radius 3 is 2.24 bits per heavy atom. The summed E-state index contributed by atoms with van der Waals surface area (Å²) in [6, 6.07) is 18.8. The van der Waals surface area contributed by atoms with Crippen LogP contribution in [0.1, 0.15) is 43.9 Å². The number of aryl methyl sites for hydroxylation is 1. The summed E-state index contributed by atoms with van der Waals surface area (Å²) in [5, 5.41) is 0. The molecule has 0 radical (unpaired) electrons. The van der Waals surface area contributed by atoms with E-state index in [1.165, 1.54) is 11.1 Å². The molecule has 2 aromatic carbocycles. The average molecular weight is 283 g/mol. The predicted octanol–water partition coefficient (Wildman–Crippen LogP) is 4.50. The van der Waals surface area contributed by atoms with Gasteiger partial charge < -0.3 is 10.5 Å². The van der Waals surface area contributed by atoms with E-state index in [-0.39, 0.29) is 12.1 Å². The molecule has 2 nitrogen and oxygen atoms in total. The van der Waals surface area contributed by atoms with E-state index in [1.54, 1.807) is 0 Å². The molecule has 0 heterocycles. The molecule has 1 atom stereocenters. The minimum absolute atomic E-state index is 0.0989. The van der Waals surface area contributed by atoms with Gasteiger partial charge in [-0.3, -0.25) is 0 Å². The lowest BCUT2D eigenvalue weighted by Gasteiger charge is -2.14. The molecule has 112 valence electrons. The Balaban J connectivity index is 1.81. The number of rotatable bonds is 7. The Morgan fingerprint density at radius 1 is 0.952 bits per heavy atom. The standard InChI is InChI=1S/C19H25NO/c1-15(2)21-18-13-11-17(12-14-18)19(20)10-6-9-16-7-4-3-5-8-16/h3-5,7-8,11-15,19H,6,9-10,20H2,1-2H3.